The number of rotatable bonds is 1. The largest absolute Gasteiger partial charge is 0.495 e. The second-order valence-electron chi connectivity index (χ2n) is 3.08. The molecule has 0 amide bonds. The zero-order chi connectivity index (χ0) is 10.3. The summed E-state index contributed by atoms with van der Waals surface area (Å²) in [6, 6.07) is 3.70. The highest BCUT2D eigenvalue weighted by Crippen LogP contribution is 2.33. The average Bonchev–Trinajstić information content (AvgIpc) is 2.44. The van der Waals surface area contributed by atoms with Crippen molar-refractivity contribution in [3.8, 4) is 5.75 Å². The number of halogens is 2. The van der Waals surface area contributed by atoms with Crippen molar-refractivity contribution in [2.24, 2.45) is 0 Å². The van der Waals surface area contributed by atoms with E-state index < -0.39 is 7.12 Å². The Labute approximate surface area is 105 Å². The Kier molecular flexibility index (Phi) is 3.06. The first-order valence-electron chi connectivity index (χ1n) is 4.09. The van der Waals surface area contributed by atoms with E-state index in [0.717, 1.165) is 15.5 Å². The third-order valence-electron chi connectivity index (χ3n) is 2.26. The van der Waals surface area contributed by atoms with Crippen LogP contribution in [0.15, 0.2) is 16.6 Å². The predicted octanol–water partition coefficient (Wildman–Crippen LogP) is 1.96. The van der Waals surface area contributed by atoms with Gasteiger partial charge in [-0.3, -0.25) is 0 Å². The molecule has 1 aliphatic rings. The van der Waals surface area contributed by atoms with Gasteiger partial charge in [-0.05, 0) is 24.6 Å². The summed E-state index contributed by atoms with van der Waals surface area (Å²) in [5, 5.41) is 9.66. The summed E-state index contributed by atoms with van der Waals surface area (Å²) in [4.78, 5) is 0. The maximum atomic E-state index is 9.66. The van der Waals surface area contributed by atoms with E-state index in [4.69, 9.17) is 7.72 Å². The van der Waals surface area contributed by atoms with Gasteiger partial charge < -0.3 is 12.7 Å². The summed E-state index contributed by atoms with van der Waals surface area (Å²) in [6.07, 6.45) is -0.110. The van der Waals surface area contributed by atoms with Gasteiger partial charge in [0.2, 0.25) is 0 Å². The molecule has 3 nitrogen and oxygen atoms in total. The van der Waals surface area contributed by atoms with Crippen LogP contribution in [0.2, 0.25) is 0 Å². The van der Waals surface area contributed by atoms with Crippen molar-refractivity contribution >= 4 is 51.5 Å². The molecule has 1 aromatic carbocycles. The van der Waals surface area contributed by atoms with Crippen LogP contribution < -0.4 is 8.53 Å². The lowest BCUT2D eigenvalue weighted by Gasteiger charge is -2.08. The number of hydrogen-bond donors (Lipinski definition) is 1. The van der Waals surface area contributed by atoms with Crippen LogP contribution in [0.4, 0.5) is 0 Å². The summed E-state index contributed by atoms with van der Waals surface area (Å²) in [7, 11) is -0.887. The topological polar surface area (TPSA) is 38.7 Å². The quantitative estimate of drug-likeness (QED) is 0.608. The minimum Gasteiger partial charge on any atom is -0.428 e. The summed E-state index contributed by atoms with van der Waals surface area (Å²) in [5.41, 5.74) is 1.69. The van der Waals surface area contributed by atoms with Crippen LogP contribution in [0.5, 0.6) is 5.75 Å². The van der Waals surface area contributed by atoms with E-state index in [1.165, 1.54) is 0 Å². The third-order valence-corrected chi connectivity index (χ3v) is 3.43. The predicted molar refractivity (Wildman–Crippen MR) is 65.9 cm³/mol. The molecule has 0 aromatic heterocycles. The summed E-state index contributed by atoms with van der Waals surface area (Å²) in [6.45, 7) is 1.90. The number of fused-ring (bicyclic) bond motifs is 1. The van der Waals surface area contributed by atoms with E-state index in [1.54, 1.807) is 29.1 Å². The van der Waals surface area contributed by atoms with E-state index in [9.17, 15) is 5.02 Å². The highest BCUT2D eigenvalue weighted by Gasteiger charge is 2.37. The Hall–Kier alpha value is 0.215. The molecule has 1 atom stereocenters. The molecular weight excluding hydrogens is 362 g/mol. The molecule has 0 unspecified atom stereocenters. The maximum Gasteiger partial charge on any atom is 0.495 e. The molecule has 1 aromatic rings. The molecule has 1 heterocycles. The number of hydrogen-bond acceptors (Lipinski definition) is 3. The van der Waals surface area contributed by atoms with Gasteiger partial charge in [-0.15, -0.1) is 0 Å². The van der Waals surface area contributed by atoms with Crippen LogP contribution in [-0.2, 0) is 4.65 Å². The van der Waals surface area contributed by atoms with Crippen molar-refractivity contribution in [3.05, 3.63) is 22.2 Å². The lowest BCUT2D eigenvalue weighted by molar-refractivity contribution is 0.208. The fraction of sp³-hybridized carbons (Fsp3) is 0.250. The highest BCUT2D eigenvalue weighted by molar-refractivity contribution is 14.1. The van der Waals surface area contributed by atoms with Gasteiger partial charge >= 0.3 is 7.12 Å². The fourth-order valence-electron chi connectivity index (χ4n) is 1.65. The molecule has 0 fully saturated rings. The van der Waals surface area contributed by atoms with E-state index in [2.05, 4.69) is 15.9 Å². The molecule has 0 aliphatic carbocycles. The normalized spacial score (nSPS) is 19.7. The van der Waals surface area contributed by atoms with Gasteiger partial charge in [0.25, 0.3) is 0 Å². The third kappa shape index (κ3) is 1.58. The Morgan fingerprint density at radius 2 is 2.36 bits per heavy atom. The highest BCUT2D eigenvalue weighted by atomic mass is 127. The second kappa shape index (κ2) is 4.00. The fourth-order valence-corrected chi connectivity index (χ4v) is 2.71. The molecule has 1 N–H and O–H groups in total. The number of benzene rings is 1. The van der Waals surface area contributed by atoms with Crippen molar-refractivity contribution < 1.29 is 12.7 Å². The molecule has 0 saturated carbocycles. The first-order valence-corrected chi connectivity index (χ1v) is 5.77. The Bertz CT molecular complexity index is 374. The van der Waals surface area contributed by atoms with Crippen molar-refractivity contribution in [1.82, 2.24) is 0 Å². The Morgan fingerprint density at radius 3 is 3.00 bits per heavy atom. The van der Waals surface area contributed by atoms with Crippen molar-refractivity contribution in [2.45, 2.75) is 13.0 Å². The lowest BCUT2D eigenvalue weighted by atomic mass is 9.78. The second-order valence-corrected chi connectivity index (χ2v) is 4.38. The Morgan fingerprint density at radius 1 is 1.64 bits per heavy atom. The molecule has 0 spiro atoms. The molecule has 0 saturated heterocycles. The summed E-state index contributed by atoms with van der Waals surface area (Å²) >= 11 is 5.22. The SMILES string of the molecule is C[C@H]1OB(O)c2c(OI)ccc(Br)c21. The first-order chi connectivity index (χ1) is 6.65. The van der Waals surface area contributed by atoms with E-state index in [1.807, 2.05) is 13.0 Å². The standard InChI is InChI=1S/C8H7BBrIO3/c1-4-7-5(10)2-3-6(14-11)8(7)9(12)13-4/h2-4,12H,1H3/t4-/m1/s1. The smallest absolute Gasteiger partial charge is 0.428 e. The van der Waals surface area contributed by atoms with Crippen LogP contribution in [0, 0.1) is 0 Å². The molecule has 74 valence electrons. The first kappa shape index (κ1) is 10.7. The minimum absolute atomic E-state index is 0.110. The van der Waals surface area contributed by atoms with Crippen LogP contribution in [0.1, 0.15) is 18.6 Å². The van der Waals surface area contributed by atoms with Gasteiger partial charge in [-0.25, -0.2) is 0 Å². The monoisotopic (exact) mass is 368 g/mol. The van der Waals surface area contributed by atoms with Crippen LogP contribution in [0.25, 0.3) is 0 Å². The molecule has 14 heavy (non-hydrogen) atoms. The van der Waals surface area contributed by atoms with Gasteiger partial charge in [0.05, 0.1) is 6.10 Å². The van der Waals surface area contributed by atoms with E-state index >= 15 is 0 Å². The van der Waals surface area contributed by atoms with Gasteiger partial charge in [0, 0.05) is 9.94 Å². The summed E-state index contributed by atoms with van der Waals surface area (Å²) in [5.74, 6) is 0.653. The van der Waals surface area contributed by atoms with E-state index in [0.29, 0.717) is 5.75 Å². The van der Waals surface area contributed by atoms with Gasteiger partial charge in [-0.2, -0.15) is 0 Å². The molecule has 1 aliphatic heterocycles. The minimum atomic E-state index is -0.887. The van der Waals surface area contributed by atoms with Crippen molar-refractivity contribution in [1.29, 1.82) is 0 Å². The average molecular weight is 369 g/mol. The summed E-state index contributed by atoms with van der Waals surface area (Å²) < 4.78 is 11.4. The zero-order valence-corrected chi connectivity index (χ0v) is 11.1. The lowest BCUT2D eigenvalue weighted by Crippen LogP contribution is -2.29. The molecule has 6 heteroatoms. The van der Waals surface area contributed by atoms with Crippen molar-refractivity contribution in [2.75, 3.05) is 0 Å². The molecular formula is C8H7BBrIO3. The van der Waals surface area contributed by atoms with Crippen LogP contribution in [-0.4, -0.2) is 12.1 Å². The maximum absolute atomic E-state index is 9.66. The molecule has 0 radical (unpaired) electrons. The Balaban J connectivity index is 2.63. The van der Waals surface area contributed by atoms with Crippen LogP contribution >= 0.6 is 38.9 Å². The molecule has 0 bridgehead atoms. The van der Waals surface area contributed by atoms with Crippen molar-refractivity contribution in [3.63, 3.8) is 0 Å². The van der Waals surface area contributed by atoms with Crippen LogP contribution in [0.3, 0.4) is 0 Å². The van der Waals surface area contributed by atoms with Gasteiger partial charge in [0.1, 0.15) is 5.75 Å². The van der Waals surface area contributed by atoms with Gasteiger partial charge in [-0.1, -0.05) is 15.9 Å². The zero-order valence-electron chi connectivity index (χ0n) is 7.33. The van der Waals surface area contributed by atoms with E-state index in [-0.39, 0.29) is 6.10 Å². The van der Waals surface area contributed by atoms with Gasteiger partial charge in [0.15, 0.2) is 23.0 Å². The molecule has 2 rings (SSSR count).